The van der Waals surface area contributed by atoms with Gasteiger partial charge in [-0.3, -0.25) is 10.0 Å². The van der Waals surface area contributed by atoms with Gasteiger partial charge in [-0.15, -0.1) is 10.2 Å². The number of rotatable bonds is 6. The molecule has 2 N–H and O–H groups in total. The largest absolute Gasteiger partial charge is 0.375 e. The van der Waals surface area contributed by atoms with E-state index in [0.29, 0.717) is 5.82 Å². The molecule has 3 aromatic rings. The van der Waals surface area contributed by atoms with Crippen LogP contribution in [0.1, 0.15) is 25.8 Å². The summed E-state index contributed by atoms with van der Waals surface area (Å²) in [6.07, 6.45) is 5.70. The molecule has 162 valence electrons. The number of allylic oxidation sites excluding steroid dienone is 2. The zero-order chi connectivity index (χ0) is 22.1. The highest BCUT2D eigenvalue weighted by Crippen LogP contribution is 2.33. The van der Waals surface area contributed by atoms with Crippen molar-refractivity contribution in [1.29, 1.82) is 0 Å². The van der Waals surface area contributed by atoms with Gasteiger partial charge in [0.25, 0.3) is 0 Å². The third-order valence-electron chi connectivity index (χ3n) is 5.87. The minimum atomic E-state index is -0.0799. The summed E-state index contributed by atoms with van der Waals surface area (Å²) in [5, 5.41) is 28.3. The fourth-order valence-corrected chi connectivity index (χ4v) is 4.40. The molecule has 0 aliphatic carbocycles. The molecule has 0 spiro atoms. The van der Waals surface area contributed by atoms with E-state index in [4.69, 9.17) is 4.99 Å². The number of hydrazine groups is 1. The Labute approximate surface area is 186 Å². The molecular formula is C24H25N7O. The van der Waals surface area contributed by atoms with Crippen LogP contribution in [0.3, 0.4) is 0 Å². The maximum absolute atomic E-state index is 9.91. The molecular weight excluding hydrogens is 402 g/mol. The van der Waals surface area contributed by atoms with Crippen molar-refractivity contribution in [2.24, 2.45) is 4.99 Å². The van der Waals surface area contributed by atoms with E-state index in [1.807, 2.05) is 36.3 Å². The number of aliphatic imine (C=N–C) groups is 1. The summed E-state index contributed by atoms with van der Waals surface area (Å²) in [6, 6.07) is 16.7. The maximum atomic E-state index is 9.91. The molecule has 32 heavy (non-hydrogen) atoms. The second kappa shape index (κ2) is 8.39. The van der Waals surface area contributed by atoms with Crippen LogP contribution in [-0.2, 0) is 6.42 Å². The summed E-state index contributed by atoms with van der Waals surface area (Å²) < 4.78 is 0. The lowest BCUT2D eigenvalue weighted by molar-refractivity contribution is -0.0263. The standard InChI is InChI=1S/C24H25N7O/c1-3-21-22(31-23(25-21)12-16(2)14-30(31)15-32)13-17-8-10-18(11-9-17)19-6-4-5-7-20(19)24-26-28-29-27-24/h4-12,14,22,32H,3,13,15H2,1-2H3,(H,26,27,28,29). The van der Waals surface area contributed by atoms with Crippen molar-refractivity contribution in [2.45, 2.75) is 32.7 Å². The van der Waals surface area contributed by atoms with Gasteiger partial charge in [0.2, 0.25) is 5.82 Å². The number of tetrazole rings is 1. The molecule has 8 heteroatoms. The quantitative estimate of drug-likeness (QED) is 0.625. The van der Waals surface area contributed by atoms with Crippen LogP contribution in [-0.4, -0.2) is 54.2 Å². The van der Waals surface area contributed by atoms with Gasteiger partial charge in [0.05, 0.1) is 6.04 Å². The number of benzene rings is 2. The lowest BCUT2D eigenvalue weighted by atomic mass is 9.95. The van der Waals surface area contributed by atoms with Crippen LogP contribution in [0.2, 0.25) is 0 Å². The van der Waals surface area contributed by atoms with Gasteiger partial charge in [0.1, 0.15) is 12.6 Å². The third-order valence-corrected chi connectivity index (χ3v) is 5.87. The molecule has 5 rings (SSSR count). The molecule has 1 unspecified atom stereocenters. The van der Waals surface area contributed by atoms with Crippen LogP contribution in [0.4, 0.5) is 0 Å². The molecule has 8 nitrogen and oxygen atoms in total. The van der Waals surface area contributed by atoms with Crippen LogP contribution in [0.15, 0.2) is 77.2 Å². The van der Waals surface area contributed by atoms with E-state index in [1.165, 1.54) is 5.56 Å². The normalized spacial score (nSPS) is 17.7. The maximum Gasteiger partial charge on any atom is 0.205 e. The second-order valence-corrected chi connectivity index (χ2v) is 7.96. The highest BCUT2D eigenvalue weighted by Gasteiger charge is 2.35. The molecule has 1 atom stereocenters. The van der Waals surface area contributed by atoms with Gasteiger partial charge in [-0.1, -0.05) is 55.5 Å². The number of aromatic amines is 1. The van der Waals surface area contributed by atoms with E-state index < -0.39 is 0 Å². The van der Waals surface area contributed by atoms with E-state index >= 15 is 0 Å². The summed E-state index contributed by atoms with van der Waals surface area (Å²) in [4.78, 5) is 4.85. The van der Waals surface area contributed by atoms with Crippen molar-refractivity contribution >= 4 is 5.71 Å². The minimum absolute atomic E-state index is 0.0799. The van der Waals surface area contributed by atoms with Gasteiger partial charge < -0.3 is 5.11 Å². The van der Waals surface area contributed by atoms with Gasteiger partial charge >= 0.3 is 0 Å². The zero-order valence-electron chi connectivity index (χ0n) is 18.1. The average molecular weight is 428 g/mol. The number of aliphatic hydroxyl groups excluding tert-OH is 1. The van der Waals surface area contributed by atoms with E-state index in [0.717, 1.165) is 46.6 Å². The molecule has 1 aromatic heterocycles. The molecule has 2 aliphatic heterocycles. The zero-order valence-corrected chi connectivity index (χ0v) is 18.1. The van der Waals surface area contributed by atoms with Crippen LogP contribution in [0.5, 0.6) is 0 Å². The molecule has 0 amide bonds. The first-order chi connectivity index (χ1) is 15.7. The monoisotopic (exact) mass is 427 g/mol. The van der Waals surface area contributed by atoms with Crippen molar-refractivity contribution in [2.75, 3.05) is 6.73 Å². The van der Waals surface area contributed by atoms with E-state index in [9.17, 15) is 5.11 Å². The molecule has 0 radical (unpaired) electrons. The summed E-state index contributed by atoms with van der Waals surface area (Å²) in [5.74, 6) is 1.47. The lowest BCUT2D eigenvalue weighted by Crippen LogP contribution is -2.47. The Morgan fingerprint density at radius 2 is 1.84 bits per heavy atom. The lowest BCUT2D eigenvalue weighted by Gasteiger charge is -2.38. The number of hydrogen-bond acceptors (Lipinski definition) is 7. The molecule has 0 fully saturated rings. The molecule has 0 saturated carbocycles. The SMILES string of the molecule is CCC1=NC2=CC(C)=CN(CO)N2C1Cc1ccc(-c2ccccc2-c2nn[nH]n2)cc1. The smallest absolute Gasteiger partial charge is 0.205 e. The summed E-state index contributed by atoms with van der Waals surface area (Å²) >= 11 is 0. The molecule has 2 aliphatic rings. The Balaban J connectivity index is 1.41. The number of aliphatic hydroxyl groups is 1. The Bertz CT molecular complexity index is 1200. The van der Waals surface area contributed by atoms with Gasteiger partial charge in [0.15, 0.2) is 0 Å². The number of H-pyrrole nitrogens is 1. The Morgan fingerprint density at radius 1 is 1.06 bits per heavy atom. The topological polar surface area (TPSA) is 93.5 Å². The first kappa shape index (κ1) is 20.1. The summed E-state index contributed by atoms with van der Waals surface area (Å²) in [7, 11) is 0. The van der Waals surface area contributed by atoms with Crippen LogP contribution in [0.25, 0.3) is 22.5 Å². The van der Waals surface area contributed by atoms with E-state index in [2.05, 4.69) is 69.0 Å². The van der Waals surface area contributed by atoms with Crippen LogP contribution >= 0.6 is 0 Å². The fraction of sp³-hybridized carbons (Fsp3) is 0.250. The Kier molecular flexibility index (Phi) is 5.28. The van der Waals surface area contributed by atoms with Crippen LogP contribution < -0.4 is 0 Å². The fourth-order valence-electron chi connectivity index (χ4n) is 4.40. The van der Waals surface area contributed by atoms with Crippen LogP contribution in [0, 0.1) is 0 Å². The second-order valence-electron chi connectivity index (χ2n) is 7.96. The molecule has 3 heterocycles. The number of nitrogens with zero attached hydrogens (tertiary/aromatic N) is 6. The average Bonchev–Trinajstić information content (AvgIpc) is 3.47. The minimum Gasteiger partial charge on any atom is -0.375 e. The Morgan fingerprint density at radius 3 is 2.53 bits per heavy atom. The van der Waals surface area contributed by atoms with Gasteiger partial charge in [0, 0.05) is 23.9 Å². The highest BCUT2D eigenvalue weighted by atomic mass is 16.3. The number of fused-ring (bicyclic) bond motifs is 1. The van der Waals surface area contributed by atoms with Crippen molar-refractivity contribution in [3.8, 4) is 22.5 Å². The van der Waals surface area contributed by atoms with Gasteiger partial charge in [-0.2, -0.15) is 5.21 Å². The van der Waals surface area contributed by atoms with Crippen molar-refractivity contribution in [1.82, 2.24) is 30.6 Å². The van der Waals surface area contributed by atoms with Crippen molar-refractivity contribution in [3.63, 3.8) is 0 Å². The predicted octanol–water partition coefficient (Wildman–Crippen LogP) is 3.54. The first-order valence-corrected chi connectivity index (χ1v) is 10.7. The molecule has 2 aromatic carbocycles. The van der Waals surface area contributed by atoms with E-state index in [1.54, 1.807) is 0 Å². The number of aromatic nitrogens is 4. The Hall–Kier alpha value is -3.78. The number of hydrogen-bond donors (Lipinski definition) is 2. The predicted molar refractivity (Wildman–Crippen MR) is 123 cm³/mol. The number of nitrogens with one attached hydrogen (secondary N) is 1. The molecule has 0 bridgehead atoms. The highest BCUT2D eigenvalue weighted by molar-refractivity contribution is 5.92. The van der Waals surface area contributed by atoms with Crippen molar-refractivity contribution in [3.05, 3.63) is 77.8 Å². The van der Waals surface area contributed by atoms with Gasteiger partial charge in [-0.25, -0.2) is 4.99 Å². The van der Waals surface area contributed by atoms with Gasteiger partial charge in [-0.05, 0) is 46.9 Å². The molecule has 0 saturated heterocycles. The first-order valence-electron chi connectivity index (χ1n) is 10.7. The summed E-state index contributed by atoms with van der Waals surface area (Å²) in [5.41, 5.74) is 6.51. The van der Waals surface area contributed by atoms with Crippen molar-refractivity contribution < 1.29 is 5.11 Å². The van der Waals surface area contributed by atoms with E-state index in [-0.39, 0.29) is 12.8 Å². The third kappa shape index (κ3) is 3.58. The summed E-state index contributed by atoms with van der Waals surface area (Å²) in [6.45, 7) is 4.07.